The van der Waals surface area contributed by atoms with Crippen molar-refractivity contribution in [1.29, 1.82) is 0 Å². The zero-order valence-electron chi connectivity index (χ0n) is 16.4. The van der Waals surface area contributed by atoms with E-state index in [1.807, 2.05) is 6.92 Å². The molecule has 0 aromatic heterocycles. The van der Waals surface area contributed by atoms with Gasteiger partial charge < -0.3 is 25.0 Å². The molecule has 152 valence electrons. The summed E-state index contributed by atoms with van der Waals surface area (Å²) < 4.78 is 10.9. The van der Waals surface area contributed by atoms with Crippen molar-refractivity contribution >= 4 is 35.8 Å². The molecular weight excluding hydrogens is 447 g/mol. The number of rotatable bonds is 10. The fourth-order valence-corrected chi connectivity index (χ4v) is 2.84. The van der Waals surface area contributed by atoms with Gasteiger partial charge in [-0.25, -0.2) is 4.99 Å². The molecule has 1 atom stereocenters. The molecule has 0 aromatic carbocycles. The van der Waals surface area contributed by atoms with Gasteiger partial charge in [-0.1, -0.05) is 0 Å². The quantitative estimate of drug-likeness (QED) is 0.214. The summed E-state index contributed by atoms with van der Waals surface area (Å²) in [5, 5.41) is 6.82. The van der Waals surface area contributed by atoms with Crippen molar-refractivity contribution in [2.45, 2.75) is 32.6 Å². The third-order valence-corrected chi connectivity index (χ3v) is 5.02. The Morgan fingerprint density at radius 3 is 2.69 bits per heavy atom. The lowest BCUT2D eigenvalue weighted by molar-refractivity contribution is -0.127. The highest BCUT2D eigenvalue weighted by Gasteiger charge is 2.42. The fourth-order valence-electron chi connectivity index (χ4n) is 2.84. The highest BCUT2D eigenvalue weighted by molar-refractivity contribution is 14.0. The third kappa shape index (κ3) is 8.39. The van der Waals surface area contributed by atoms with Gasteiger partial charge in [0.1, 0.15) is 6.54 Å². The summed E-state index contributed by atoms with van der Waals surface area (Å²) in [6.45, 7) is 7.12. The van der Waals surface area contributed by atoms with E-state index < -0.39 is 0 Å². The number of nitrogens with zero attached hydrogens (tertiary/aromatic N) is 2. The summed E-state index contributed by atoms with van der Waals surface area (Å²) in [5.41, 5.74) is 0.333. The molecule has 2 fully saturated rings. The number of carbonyl (C=O) groups excluding carboxylic acids is 1. The van der Waals surface area contributed by atoms with Gasteiger partial charge in [0.25, 0.3) is 0 Å². The summed E-state index contributed by atoms with van der Waals surface area (Å²) in [5.74, 6) is 1.25. The van der Waals surface area contributed by atoms with Crippen LogP contribution in [0.25, 0.3) is 0 Å². The molecule has 1 saturated carbocycles. The first-order valence-electron chi connectivity index (χ1n) is 9.42. The van der Waals surface area contributed by atoms with Gasteiger partial charge in [-0.3, -0.25) is 4.79 Å². The molecule has 7 nitrogen and oxygen atoms in total. The van der Waals surface area contributed by atoms with Gasteiger partial charge in [0.05, 0.1) is 6.61 Å². The van der Waals surface area contributed by atoms with E-state index in [4.69, 9.17) is 9.47 Å². The highest BCUT2D eigenvalue weighted by atomic mass is 127. The second kappa shape index (κ2) is 12.0. The fraction of sp³-hybridized carbons (Fsp3) is 0.889. The zero-order valence-corrected chi connectivity index (χ0v) is 18.7. The van der Waals surface area contributed by atoms with Crippen LogP contribution >= 0.6 is 24.0 Å². The summed E-state index contributed by atoms with van der Waals surface area (Å²) in [6, 6.07) is 0. The molecule has 0 aromatic rings. The molecule has 0 spiro atoms. The van der Waals surface area contributed by atoms with Crippen LogP contribution in [0.1, 0.15) is 32.6 Å². The molecule has 1 aliphatic carbocycles. The molecule has 1 unspecified atom stereocenters. The lowest BCUT2D eigenvalue weighted by atomic mass is 10.0. The number of nitrogens with one attached hydrogen (secondary N) is 2. The SMILES string of the molecule is CCOCCC1(CNC(=NCC(=O)N(C)C)NCC2CCOC2)CC1.I. The smallest absolute Gasteiger partial charge is 0.243 e. The van der Waals surface area contributed by atoms with E-state index in [2.05, 4.69) is 15.6 Å². The third-order valence-electron chi connectivity index (χ3n) is 5.02. The molecule has 26 heavy (non-hydrogen) atoms. The number of ether oxygens (including phenoxy) is 2. The van der Waals surface area contributed by atoms with Crippen LogP contribution in [0.5, 0.6) is 0 Å². The van der Waals surface area contributed by atoms with Crippen molar-refractivity contribution in [2.75, 3.05) is 60.2 Å². The molecule has 2 N–H and O–H groups in total. The van der Waals surface area contributed by atoms with Gasteiger partial charge in [-0.2, -0.15) is 0 Å². The lowest BCUT2D eigenvalue weighted by Crippen LogP contribution is -2.43. The minimum atomic E-state index is 0. The van der Waals surface area contributed by atoms with Crippen LogP contribution in [0.4, 0.5) is 0 Å². The summed E-state index contributed by atoms with van der Waals surface area (Å²) in [7, 11) is 3.50. The Balaban J connectivity index is 0.00000338. The summed E-state index contributed by atoms with van der Waals surface area (Å²) in [6.07, 6.45) is 4.62. The Kier molecular flexibility index (Phi) is 10.8. The number of halogens is 1. The zero-order chi connectivity index (χ0) is 18.1. The minimum absolute atomic E-state index is 0. The maximum absolute atomic E-state index is 11.8. The molecule has 8 heteroatoms. The van der Waals surface area contributed by atoms with Crippen LogP contribution in [0.15, 0.2) is 4.99 Å². The normalized spacial score (nSPS) is 21.0. The molecule has 1 saturated heterocycles. The number of likely N-dealkylation sites (N-methyl/N-ethyl adjacent to an activating group) is 1. The van der Waals surface area contributed by atoms with Gasteiger partial charge in [0.15, 0.2) is 5.96 Å². The van der Waals surface area contributed by atoms with E-state index in [-0.39, 0.29) is 36.4 Å². The van der Waals surface area contributed by atoms with Gasteiger partial charge >= 0.3 is 0 Å². The van der Waals surface area contributed by atoms with E-state index in [0.717, 1.165) is 58.3 Å². The van der Waals surface area contributed by atoms with E-state index in [9.17, 15) is 4.79 Å². The lowest BCUT2D eigenvalue weighted by Gasteiger charge is -2.20. The molecular formula is C18H35IN4O3. The monoisotopic (exact) mass is 482 g/mol. The van der Waals surface area contributed by atoms with Crippen LogP contribution in [-0.4, -0.2) is 76.9 Å². The maximum Gasteiger partial charge on any atom is 0.243 e. The average molecular weight is 482 g/mol. The van der Waals surface area contributed by atoms with Crippen molar-refractivity contribution in [1.82, 2.24) is 15.5 Å². The van der Waals surface area contributed by atoms with Gasteiger partial charge in [-0.15, -0.1) is 24.0 Å². The highest BCUT2D eigenvalue weighted by Crippen LogP contribution is 2.48. The van der Waals surface area contributed by atoms with Crippen molar-refractivity contribution < 1.29 is 14.3 Å². The summed E-state index contributed by atoms with van der Waals surface area (Å²) >= 11 is 0. The Morgan fingerprint density at radius 1 is 1.35 bits per heavy atom. The summed E-state index contributed by atoms with van der Waals surface area (Å²) in [4.78, 5) is 17.9. The molecule has 1 heterocycles. The molecule has 1 aliphatic heterocycles. The van der Waals surface area contributed by atoms with E-state index >= 15 is 0 Å². The number of hydrogen-bond acceptors (Lipinski definition) is 4. The van der Waals surface area contributed by atoms with Crippen LogP contribution < -0.4 is 10.6 Å². The molecule has 0 radical (unpaired) electrons. The van der Waals surface area contributed by atoms with Crippen molar-refractivity contribution in [3.63, 3.8) is 0 Å². The Morgan fingerprint density at radius 2 is 2.12 bits per heavy atom. The predicted octanol–water partition coefficient (Wildman–Crippen LogP) is 1.47. The van der Waals surface area contributed by atoms with Gasteiger partial charge in [0, 0.05) is 52.9 Å². The van der Waals surface area contributed by atoms with Crippen LogP contribution in [-0.2, 0) is 14.3 Å². The van der Waals surface area contributed by atoms with E-state index in [1.54, 1.807) is 19.0 Å². The number of aliphatic imine (C=N–C) groups is 1. The number of hydrogen-bond donors (Lipinski definition) is 2. The number of carbonyl (C=O) groups is 1. The molecule has 2 aliphatic rings. The predicted molar refractivity (Wildman–Crippen MR) is 114 cm³/mol. The van der Waals surface area contributed by atoms with Crippen molar-refractivity contribution in [3.8, 4) is 0 Å². The Hall–Kier alpha value is -0.610. The van der Waals surface area contributed by atoms with Crippen molar-refractivity contribution in [2.24, 2.45) is 16.3 Å². The van der Waals surface area contributed by atoms with Gasteiger partial charge in [-0.05, 0) is 38.0 Å². The Labute approximate surface area is 174 Å². The largest absolute Gasteiger partial charge is 0.382 e. The maximum atomic E-state index is 11.8. The average Bonchev–Trinajstić information content (AvgIpc) is 3.16. The molecule has 1 amide bonds. The standard InChI is InChI=1S/C18H34N4O3.HI/c1-4-24-10-8-18(6-7-18)14-21-17(20-12-16(23)22(2)3)19-11-15-5-9-25-13-15;/h15H,4-14H2,1-3H3,(H2,19,20,21);1H. The van der Waals surface area contributed by atoms with E-state index in [1.165, 1.54) is 12.8 Å². The first kappa shape index (κ1) is 23.4. The number of guanidine groups is 1. The van der Waals surface area contributed by atoms with Crippen LogP contribution in [0.2, 0.25) is 0 Å². The van der Waals surface area contributed by atoms with Crippen LogP contribution in [0, 0.1) is 11.3 Å². The Bertz CT molecular complexity index is 450. The second-order valence-electron chi connectivity index (χ2n) is 7.36. The minimum Gasteiger partial charge on any atom is -0.382 e. The van der Waals surface area contributed by atoms with Gasteiger partial charge in [0.2, 0.25) is 5.91 Å². The first-order valence-corrected chi connectivity index (χ1v) is 9.42. The number of amides is 1. The van der Waals surface area contributed by atoms with E-state index in [0.29, 0.717) is 11.3 Å². The first-order chi connectivity index (χ1) is 12.0. The van der Waals surface area contributed by atoms with Crippen molar-refractivity contribution in [3.05, 3.63) is 0 Å². The van der Waals surface area contributed by atoms with Crippen LogP contribution in [0.3, 0.4) is 0 Å². The molecule has 2 rings (SSSR count). The second-order valence-corrected chi connectivity index (χ2v) is 7.36. The molecule has 0 bridgehead atoms. The topological polar surface area (TPSA) is 75.2 Å².